The van der Waals surface area contributed by atoms with Crippen molar-refractivity contribution in [2.45, 2.75) is 32.2 Å². The molecule has 1 aliphatic carbocycles. The first-order valence-electron chi connectivity index (χ1n) is 9.04. The van der Waals surface area contributed by atoms with Crippen LogP contribution in [0.3, 0.4) is 0 Å². The van der Waals surface area contributed by atoms with Gasteiger partial charge < -0.3 is 10.1 Å². The van der Waals surface area contributed by atoms with Crippen molar-refractivity contribution in [3.05, 3.63) is 59.1 Å². The molecule has 2 unspecified atom stereocenters. The molecular weight excluding hydrogens is 344 g/mol. The van der Waals surface area contributed by atoms with Gasteiger partial charge in [0.2, 0.25) is 5.91 Å². The second kappa shape index (κ2) is 7.08. The molecule has 1 aliphatic rings. The molecule has 1 aromatic carbocycles. The number of ether oxygens (including phenoxy) is 1. The molecule has 0 spiro atoms. The smallest absolute Gasteiger partial charge is 0.224 e. The Morgan fingerprint density at radius 1 is 1.27 bits per heavy atom. The van der Waals surface area contributed by atoms with Gasteiger partial charge in [-0.15, -0.1) is 11.3 Å². The molecule has 2 heterocycles. The highest BCUT2D eigenvalue weighted by molar-refractivity contribution is 7.13. The molecule has 1 N–H and O–H groups in total. The van der Waals surface area contributed by atoms with E-state index in [1.54, 1.807) is 11.3 Å². The molecular formula is C21H22N2O2S. The third-order valence-corrected chi connectivity index (χ3v) is 5.98. The van der Waals surface area contributed by atoms with Crippen LogP contribution in [0.5, 0.6) is 5.06 Å². The molecule has 5 heteroatoms. The number of benzene rings is 1. The van der Waals surface area contributed by atoms with Gasteiger partial charge in [0, 0.05) is 27.8 Å². The fourth-order valence-corrected chi connectivity index (χ4v) is 4.20. The Bertz CT molecular complexity index is 936. The number of aromatic nitrogens is 1. The molecule has 134 valence electrons. The zero-order chi connectivity index (χ0) is 18.1. The first-order valence-corrected chi connectivity index (χ1v) is 9.86. The molecule has 0 radical (unpaired) electrons. The zero-order valence-corrected chi connectivity index (χ0v) is 15.8. The number of amides is 1. The Hall–Kier alpha value is -2.40. The minimum absolute atomic E-state index is 0.00693. The summed E-state index contributed by atoms with van der Waals surface area (Å²) in [5, 5.41) is 5.17. The fraction of sp³-hybridized carbons (Fsp3) is 0.333. The molecule has 3 aromatic rings. The fourth-order valence-electron chi connectivity index (χ4n) is 3.28. The van der Waals surface area contributed by atoms with Crippen LogP contribution in [0.2, 0.25) is 0 Å². The Kier molecular flexibility index (Phi) is 4.64. The maximum absolute atomic E-state index is 12.6. The number of nitrogens with zero attached hydrogens (tertiary/aromatic N) is 1. The van der Waals surface area contributed by atoms with Crippen molar-refractivity contribution in [3.8, 4) is 5.06 Å². The number of hydrogen-bond acceptors (Lipinski definition) is 4. The number of hydrogen-bond donors (Lipinski definition) is 1. The van der Waals surface area contributed by atoms with Crippen molar-refractivity contribution in [3.63, 3.8) is 0 Å². The van der Waals surface area contributed by atoms with Gasteiger partial charge >= 0.3 is 0 Å². The van der Waals surface area contributed by atoms with Gasteiger partial charge in [0.1, 0.15) is 0 Å². The predicted octanol–water partition coefficient (Wildman–Crippen LogP) is 4.68. The third kappa shape index (κ3) is 3.44. The van der Waals surface area contributed by atoms with E-state index >= 15 is 0 Å². The van der Waals surface area contributed by atoms with Crippen molar-refractivity contribution in [2.75, 3.05) is 6.61 Å². The molecule has 26 heavy (non-hydrogen) atoms. The van der Waals surface area contributed by atoms with E-state index in [1.807, 2.05) is 44.2 Å². The van der Waals surface area contributed by atoms with E-state index in [-0.39, 0.29) is 23.8 Å². The number of pyridine rings is 1. The van der Waals surface area contributed by atoms with Crippen LogP contribution in [0.15, 0.2) is 48.5 Å². The molecule has 4 nitrogen and oxygen atoms in total. The van der Waals surface area contributed by atoms with E-state index < -0.39 is 0 Å². The van der Waals surface area contributed by atoms with Crippen LogP contribution in [0.25, 0.3) is 10.9 Å². The molecule has 1 saturated carbocycles. The number of fused-ring (bicyclic) bond motifs is 1. The van der Waals surface area contributed by atoms with Crippen molar-refractivity contribution < 1.29 is 9.53 Å². The van der Waals surface area contributed by atoms with E-state index in [2.05, 4.69) is 23.5 Å². The summed E-state index contributed by atoms with van der Waals surface area (Å²) in [4.78, 5) is 18.5. The minimum Gasteiger partial charge on any atom is -0.484 e. The van der Waals surface area contributed by atoms with Crippen LogP contribution in [-0.2, 0) is 4.79 Å². The topological polar surface area (TPSA) is 51.2 Å². The minimum atomic E-state index is -0.00693. The molecule has 1 amide bonds. The van der Waals surface area contributed by atoms with Crippen LogP contribution >= 0.6 is 11.3 Å². The summed E-state index contributed by atoms with van der Waals surface area (Å²) >= 11 is 1.59. The first-order chi connectivity index (χ1) is 12.7. The summed E-state index contributed by atoms with van der Waals surface area (Å²) < 4.78 is 5.51. The van der Waals surface area contributed by atoms with Gasteiger partial charge in [-0.25, -0.2) is 0 Å². The quantitative estimate of drug-likeness (QED) is 0.689. The van der Waals surface area contributed by atoms with Gasteiger partial charge in [-0.2, -0.15) is 0 Å². The van der Waals surface area contributed by atoms with E-state index in [0.717, 1.165) is 33.0 Å². The number of rotatable bonds is 6. The summed E-state index contributed by atoms with van der Waals surface area (Å²) in [6.45, 7) is 4.65. The van der Waals surface area contributed by atoms with Crippen LogP contribution in [-0.4, -0.2) is 17.5 Å². The zero-order valence-electron chi connectivity index (χ0n) is 14.9. The van der Waals surface area contributed by atoms with Gasteiger partial charge in [0.25, 0.3) is 0 Å². The van der Waals surface area contributed by atoms with Crippen molar-refractivity contribution in [1.29, 1.82) is 0 Å². The largest absolute Gasteiger partial charge is 0.484 e. The Balaban J connectivity index is 1.39. The number of thiophene rings is 1. The van der Waals surface area contributed by atoms with E-state index in [0.29, 0.717) is 6.61 Å². The Labute approximate surface area is 157 Å². The van der Waals surface area contributed by atoms with Gasteiger partial charge in [0.05, 0.1) is 18.2 Å². The number of para-hydroxylation sites is 1. The summed E-state index contributed by atoms with van der Waals surface area (Å²) in [6, 6.07) is 16.2. The van der Waals surface area contributed by atoms with Gasteiger partial charge in [0.15, 0.2) is 5.06 Å². The highest BCUT2D eigenvalue weighted by Crippen LogP contribution is 2.47. The Morgan fingerprint density at radius 2 is 2.12 bits per heavy atom. The summed E-state index contributed by atoms with van der Waals surface area (Å²) in [5.41, 5.74) is 2.01. The van der Waals surface area contributed by atoms with Gasteiger partial charge in [-0.1, -0.05) is 24.3 Å². The number of carbonyl (C=O) groups excluding carboxylic acids is 1. The molecule has 1 fully saturated rings. The number of carbonyl (C=O) groups is 1. The monoisotopic (exact) mass is 366 g/mol. The molecule has 0 bridgehead atoms. The Morgan fingerprint density at radius 3 is 2.96 bits per heavy atom. The van der Waals surface area contributed by atoms with Crippen molar-refractivity contribution in [2.24, 2.45) is 5.92 Å². The second-order valence-corrected chi connectivity index (χ2v) is 7.78. The van der Waals surface area contributed by atoms with E-state index in [1.165, 1.54) is 0 Å². The average molecular weight is 366 g/mol. The lowest BCUT2D eigenvalue weighted by Gasteiger charge is -2.12. The number of nitrogens with one attached hydrogen (secondary N) is 1. The lowest BCUT2D eigenvalue weighted by molar-refractivity contribution is -0.123. The van der Waals surface area contributed by atoms with Crippen LogP contribution in [0.4, 0.5) is 0 Å². The van der Waals surface area contributed by atoms with E-state index in [9.17, 15) is 4.79 Å². The van der Waals surface area contributed by atoms with Gasteiger partial charge in [-0.05, 0) is 44.5 Å². The lowest BCUT2D eigenvalue weighted by atomic mass is 10.1. The average Bonchev–Trinajstić information content (AvgIpc) is 3.33. The standard InChI is InChI=1S/C21H22N2O2S/c1-3-25-20-11-10-19(26-20)13(2)22-21(24)16-12-15(16)18-9-8-14-6-4-5-7-17(14)23-18/h4-11,13,15-16H,3,12H2,1-2H3,(H,22,24)/t13-,15?,16?/m1/s1. The van der Waals surface area contributed by atoms with Crippen molar-refractivity contribution >= 4 is 28.1 Å². The van der Waals surface area contributed by atoms with Crippen LogP contribution in [0.1, 0.15) is 42.8 Å². The maximum atomic E-state index is 12.6. The van der Waals surface area contributed by atoms with E-state index in [4.69, 9.17) is 9.72 Å². The highest BCUT2D eigenvalue weighted by Gasteiger charge is 2.45. The third-order valence-electron chi connectivity index (χ3n) is 4.80. The normalized spacial score (nSPS) is 19.9. The van der Waals surface area contributed by atoms with Crippen LogP contribution in [0, 0.1) is 5.92 Å². The SMILES string of the molecule is CCOc1ccc([C@@H](C)NC(=O)C2CC2c2ccc3ccccc3n2)s1. The first kappa shape index (κ1) is 17.0. The molecule has 3 atom stereocenters. The highest BCUT2D eigenvalue weighted by atomic mass is 32.1. The summed E-state index contributed by atoms with van der Waals surface area (Å²) in [5.74, 6) is 0.371. The second-order valence-electron chi connectivity index (χ2n) is 6.70. The van der Waals surface area contributed by atoms with Crippen molar-refractivity contribution in [1.82, 2.24) is 10.3 Å². The predicted molar refractivity (Wildman–Crippen MR) is 105 cm³/mol. The molecule has 2 aromatic heterocycles. The lowest BCUT2D eigenvalue weighted by Crippen LogP contribution is -2.28. The molecule has 0 aliphatic heterocycles. The maximum Gasteiger partial charge on any atom is 0.224 e. The summed E-state index contributed by atoms with van der Waals surface area (Å²) in [7, 11) is 0. The molecule has 4 rings (SSSR count). The summed E-state index contributed by atoms with van der Waals surface area (Å²) in [6.07, 6.45) is 0.874. The van der Waals surface area contributed by atoms with Crippen LogP contribution < -0.4 is 10.1 Å². The van der Waals surface area contributed by atoms with Gasteiger partial charge in [-0.3, -0.25) is 9.78 Å². The molecule has 0 saturated heterocycles.